The van der Waals surface area contributed by atoms with Crippen LogP contribution in [0.5, 0.6) is 0 Å². The number of halogens is 3. The first-order chi connectivity index (χ1) is 17.0. The van der Waals surface area contributed by atoms with Crippen molar-refractivity contribution in [2.75, 3.05) is 17.1 Å². The number of sulfonamides is 1. The van der Waals surface area contributed by atoms with Crippen molar-refractivity contribution in [1.82, 2.24) is 10.2 Å². The second kappa shape index (κ2) is 12.5. The van der Waals surface area contributed by atoms with Gasteiger partial charge in [0, 0.05) is 17.6 Å². The molecule has 1 aliphatic rings. The molecular weight excluding hydrogens is 545 g/mol. The van der Waals surface area contributed by atoms with Gasteiger partial charge in [-0.1, -0.05) is 60.6 Å². The molecule has 2 aromatic carbocycles. The Morgan fingerprint density at radius 2 is 1.67 bits per heavy atom. The average molecular weight is 575 g/mol. The Kier molecular flexibility index (Phi) is 9.92. The highest BCUT2D eigenvalue weighted by Crippen LogP contribution is 2.26. The Balaban J connectivity index is 1.93. The number of hydrogen-bond acceptors (Lipinski definition) is 4. The quantitative estimate of drug-likeness (QED) is 0.418. The average Bonchev–Trinajstić information content (AvgIpc) is 3.32. The molecule has 2 amide bonds. The van der Waals surface area contributed by atoms with E-state index < -0.39 is 28.5 Å². The fourth-order valence-corrected chi connectivity index (χ4v) is 5.64. The van der Waals surface area contributed by atoms with Crippen LogP contribution in [-0.4, -0.2) is 50.0 Å². The Labute approximate surface area is 227 Å². The van der Waals surface area contributed by atoms with Crippen molar-refractivity contribution in [3.63, 3.8) is 0 Å². The van der Waals surface area contributed by atoms with Crippen LogP contribution in [0, 0.1) is 0 Å². The predicted molar refractivity (Wildman–Crippen MR) is 145 cm³/mol. The lowest BCUT2D eigenvalue weighted by atomic mass is 10.1. The van der Waals surface area contributed by atoms with Gasteiger partial charge in [0.25, 0.3) is 0 Å². The lowest BCUT2D eigenvalue weighted by Crippen LogP contribution is -2.53. The van der Waals surface area contributed by atoms with Crippen molar-refractivity contribution in [2.24, 2.45) is 0 Å². The van der Waals surface area contributed by atoms with Crippen LogP contribution < -0.4 is 9.62 Å². The summed E-state index contributed by atoms with van der Waals surface area (Å²) in [5.74, 6) is -0.773. The van der Waals surface area contributed by atoms with Gasteiger partial charge in [-0.3, -0.25) is 13.9 Å². The Morgan fingerprint density at radius 3 is 2.22 bits per heavy atom. The van der Waals surface area contributed by atoms with E-state index in [4.69, 9.17) is 34.8 Å². The lowest BCUT2D eigenvalue weighted by Gasteiger charge is -2.33. The SMILES string of the molecule is CC[C@@H](C(=O)NC1CCCC1)N(Cc1ccc(Cl)c(Cl)c1)C(=O)CN(c1ccc(Cl)cc1)S(C)(=O)=O. The number of anilines is 1. The zero-order valence-electron chi connectivity index (χ0n) is 20.2. The highest BCUT2D eigenvalue weighted by atomic mass is 35.5. The minimum absolute atomic E-state index is 0.0601. The normalized spacial score (nSPS) is 14.9. The fourth-order valence-electron chi connectivity index (χ4n) is 4.34. The molecular formula is C25H30Cl3N3O4S. The maximum absolute atomic E-state index is 13.7. The van der Waals surface area contributed by atoms with E-state index in [-0.39, 0.29) is 18.5 Å². The zero-order chi connectivity index (χ0) is 26.5. The summed E-state index contributed by atoms with van der Waals surface area (Å²) in [6.45, 7) is 1.40. The molecule has 36 heavy (non-hydrogen) atoms. The van der Waals surface area contributed by atoms with Crippen molar-refractivity contribution in [1.29, 1.82) is 0 Å². The summed E-state index contributed by atoms with van der Waals surface area (Å²) in [6, 6.07) is 10.4. The molecule has 1 aliphatic carbocycles. The van der Waals surface area contributed by atoms with Gasteiger partial charge in [-0.25, -0.2) is 8.42 Å². The summed E-state index contributed by atoms with van der Waals surface area (Å²) in [7, 11) is -3.81. The fraction of sp³-hybridized carbons (Fsp3) is 0.440. The molecule has 0 unspecified atom stereocenters. The van der Waals surface area contributed by atoms with E-state index in [1.807, 2.05) is 6.92 Å². The zero-order valence-corrected chi connectivity index (χ0v) is 23.3. The topological polar surface area (TPSA) is 86.8 Å². The molecule has 0 heterocycles. The smallest absolute Gasteiger partial charge is 0.244 e. The van der Waals surface area contributed by atoms with Gasteiger partial charge < -0.3 is 10.2 Å². The second-order valence-electron chi connectivity index (χ2n) is 8.93. The standard InChI is InChI=1S/C25H30Cl3N3O4S/c1-3-23(25(33)29-19-6-4-5-7-19)30(15-17-8-13-21(27)22(28)14-17)24(32)16-31(36(2,34)35)20-11-9-18(26)10-12-20/h8-14,19,23H,3-7,15-16H2,1-2H3,(H,29,33)/t23-/m0/s1. The van der Waals surface area contributed by atoms with Crippen LogP contribution in [0.4, 0.5) is 5.69 Å². The molecule has 0 saturated heterocycles. The van der Waals surface area contributed by atoms with Gasteiger partial charge in [0.2, 0.25) is 21.8 Å². The number of carbonyl (C=O) groups is 2. The number of amides is 2. The van der Waals surface area contributed by atoms with Crippen LogP contribution >= 0.6 is 34.8 Å². The Bertz CT molecular complexity index is 1190. The molecule has 1 atom stereocenters. The highest BCUT2D eigenvalue weighted by Gasteiger charge is 2.33. The van der Waals surface area contributed by atoms with Gasteiger partial charge in [-0.2, -0.15) is 0 Å². The molecule has 196 valence electrons. The van der Waals surface area contributed by atoms with Crippen LogP contribution in [0.25, 0.3) is 0 Å². The van der Waals surface area contributed by atoms with Crippen molar-refractivity contribution in [3.8, 4) is 0 Å². The molecule has 1 fully saturated rings. The van der Waals surface area contributed by atoms with E-state index >= 15 is 0 Å². The molecule has 0 spiro atoms. The first kappa shape index (κ1) is 28.6. The number of nitrogens with one attached hydrogen (secondary N) is 1. The largest absolute Gasteiger partial charge is 0.352 e. The molecule has 1 saturated carbocycles. The maximum Gasteiger partial charge on any atom is 0.244 e. The molecule has 2 aromatic rings. The molecule has 3 rings (SSSR count). The van der Waals surface area contributed by atoms with Crippen molar-refractivity contribution in [3.05, 3.63) is 63.1 Å². The summed E-state index contributed by atoms with van der Waals surface area (Å²) in [4.78, 5) is 28.4. The van der Waals surface area contributed by atoms with Crippen molar-refractivity contribution in [2.45, 2.75) is 57.7 Å². The second-order valence-corrected chi connectivity index (χ2v) is 12.1. The number of nitrogens with zero attached hydrogens (tertiary/aromatic N) is 2. The first-order valence-corrected chi connectivity index (χ1v) is 14.7. The van der Waals surface area contributed by atoms with Gasteiger partial charge in [0.15, 0.2) is 0 Å². The first-order valence-electron chi connectivity index (χ1n) is 11.8. The lowest BCUT2D eigenvalue weighted by molar-refractivity contribution is -0.140. The van der Waals surface area contributed by atoms with Crippen molar-refractivity contribution >= 4 is 62.3 Å². The number of carbonyl (C=O) groups excluding carboxylic acids is 2. The van der Waals surface area contributed by atoms with Crippen LogP contribution in [0.15, 0.2) is 42.5 Å². The summed E-state index contributed by atoms with van der Waals surface area (Å²) in [6.07, 6.45) is 5.30. The summed E-state index contributed by atoms with van der Waals surface area (Å²) in [5, 5.41) is 4.20. The number of hydrogen-bond donors (Lipinski definition) is 1. The van der Waals surface area contributed by atoms with E-state index in [0.717, 1.165) is 36.2 Å². The third-order valence-corrected chi connectivity index (χ3v) is 8.35. The van der Waals surface area contributed by atoms with Crippen LogP contribution in [-0.2, 0) is 26.2 Å². The molecule has 0 aliphatic heterocycles. The van der Waals surface area contributed by atoms with Gasteiger partial charge in [0.1, 0.15) is 12.6 Å². The van der Waals surface area contributed by atoms with Crippen LogP contribution in [0.1, 0.15) is 44.6 Å². The van der Waals surface area contributed by atoms with Crippen LogP contribution in [0.2, 0.25) is 15.1 Å². The van der Waals surface area contributed by atoms with E-state index in [2.05, 4.69) is 5.32 Å². The van der Waals surface area contributed by atoms with Gasteiger partial charge in [-0.05, 0) is 61.2 Å². The van der Waals surface area contributed by atoms with E-state index in [0.29, 0.717) is 32.7 Å². The number of benzene rings is 2. The van der Waals surface area contributed by atoms with E-state index in [1.54, 1.807) is 30.3 Å². The molecule has 1 N–H and O–H groups in total. The molecule has 7 nitrogen and oxygen atoms in total. The summed E-state index contributed by atoms with van der Waals surface area (Å²) < 4.78 is 26.3. The van der Waals surface area contributed by atoms with Gasteiger partial charge >= 0.3 is 0 Å². The minimum Gasteiger partial charge on any atom is -0.352 e. The Morgan fingerprint density at radius 1 is 1.03 bits per heavy atom. The third kappa shape index (κ3) is 7.51. The molecule has 0 radical (unpaired) electrons. The summed E-state index contributed by atoms with van der Waals surface area (Å²) in [5.41, 5.74) is 0.968. The van der Waals surface area contributed by atoms with Gasteiger partial charge in [-0.15, -0.1) is 0 Å². The molecule has 11 heteroatoms. The van der Waals surface area contributed by atoms with E-state index in [1.165, 1.54) is 17.0 Å². The third-order valence-electron chi connectivity index (χ3n) is 6.22. The number of rotatable bonds is 10. The highest BCUT2D eigenvalue weighted by molar-refractivity contribution is 7.92. The summed E-state index contributed by atoms with van der Waals surface area (Å²) >= 11 is 18.2. The Hall–Kier alpha value is -2.00. The van der Waals surface area contributed by atoms with E-state index in [9.17, 15) is 18.0 Å². The molecule has 0 bridgehead atoms. The molecule has 0 aromatic heterocycles. The predicted octanol–water partition coefficient (Wildman–Crippen LogP) is 5.28. The maximum atomic E-state index is 13.7. The van der Waals surface area contributed by atoms with Crippen LogP contribution in [0.3, 0.4) is 0 Å². The monoisotopic (exact) mass is 573 g/mol. The van der Waals surface area contributed by atoms with Gasteiger partial charge in [0.05, 0.1) is 22.0 Å². The van der Waals surface area contributed by atoms with Crippen molar-refractivity contribution < 1.29 is 18.0 Å². The minimum atomic E-state index is -3.81.